The Balaban J connectivity index is 1.98. The maximum Gasteiger partial charge on any atom is 0.257 e. The summed E-state index contributed by atoms with van der Waals surface area (Å²) in [7, 11) is 0. The molecule has 23 heavy (non-hydrogen) atoms. The van der Waals surface area contributed by atoms with Gasteiger partial charge in [0, 0.05) is 15.7 Å². The Bertz CT molecular complexity index is 703. The first kappa shape index (κ1) is 17.6. The normalized spacial score (nSPS) is 11.0. The van der Waals surface area contributed by atoms with Crippen LogP contribution in [0.4, 0.5) is 5.69 Å². The Morgan fingerprint density at radius 1 is 1.00 bits per heavy atom. The van der Waals surface area contributed by atoms with Gasteiger partial charge in [-0.1, -0.05) is 48.8 Å². The molecule has 2 N–H and O–H groups in total. The van der Waals surface area contributed by atoms with E-state index in [4.69, 9.17) is 12.2 Å². The molecule has 120 valence electrons. The predicted octanol–water partition coefficient (Wildman–Crippen LogP) is 4.87. The zero-order valence-corrected chi connectivity index (χ0v) is 15.7. The second-order valence-corrected chi connectivity index (χ2v) is 7.57. The van der Waals surface area contributed by atoms with E-state index in [0.717, 1.165) is 10.2 Å². The van der Waals surface area contributed by atoms with E-state index in [2.05, 4.69) is 47.3 Å². The molecule has 0 aromatic heterocycles. The highest BCUT2D eigenvalue weighted by Gasteiger charge is 2.14. The summed E-state index contributed by atoms with van der Waals surface area (Å²) in [5.41, 5.74) is 2.65. The maximum absolute atomic E-state index is 12.2. The number of halogens is 1. The molecule has 0 atom stereocenters. The molecule has 3 nitrogen and oxygen atoms in total. The minimum absolute atomic E-state index is 0.0629. The van der Waals surface area contributed by atoms with Gasteiger partial charge in [-0.25, -0.2) is 0 Å². The smallest absolute Gasteiger partial charge is 0.257 e. The summed E-state index contributed by atoms with van der Waals surface area (Å²) in [4.78, 5) is 12.2. The lowest BCUT2D eigenvalue weighted by molar-refractivity contribution is 0.0977. The molecule has 0 saturated heterocycles. The summed E-state index contributed by atoms with van der Waals surface area (Å²) in [6, 6.07) is 15.1. The number of hydrogen-bond donors (Lipinski definition) is 2. The Hall–Kier alpha value is -1.72. The average Bonchev–Trinajstić information content (AvgIpc) is 2.49. The molecule has 5 heteroatoms. The third kappa shape index (κ3) is 5.15. The van der Waals surface area contributed by atoms with Gasteiger partial charge in [0.05, 0.1) is 0 Å². The lowest BCUT2D eigenvalue weighted by Crippen LogP contribution is -2.34. The van der Waals surface area contributed by atoms with Crippen LogP contribution in [0.3, 0.4) is 0 Å². The van der Waals surface area contributed by atoms with Crippen molar-refractivity contribution < 1.29 is 4.79 Å². The molecule has 2 rings (SSSR count). The third-order valence-corrected chi connectivity index (χ3v) is 4.08. The van der Waals surface area contributed by atoms with E-state index in [1.807, 2.05) is 48.5 Å². The molecule has 0 heterocycles. The van der Waals surface area contributed by atoms with E-state index in [-0.39, 0.29) is 16.4 Å². The van der Waals surface area contributed by atoms with Crippen molar-refractivity contribution >= 4 is 44.9 Å². The van der Waals surface area contributed by atoms with Crippen LogP contribution in [0.15, 0.2) is 53.0 Å². The first-order valence-electron chi connectivity index (χ1n) is 7.24. The summed E-state index contributed by atoms with van der Waals surface area (Å²) in [5, 5.41) is 5.95. The summed E-state index contributed by atoms with van der Waals surface area (Å²) in [5.74, 6) is -0.222. The summed E-state index contributed by atoms with van der Waals surface area (Å²) in [6.45, 7) is 6.41. The minimum atomic E-state index is -0.222. The maximum atomic E-state index is 12.2. The van der Waals surface area contributed by atoms with E-state index >= 15 is 0 Å². The standard InChI is InChI=1S/C18H19BrN2OS/c1-18(2,3)13-6-4-12(5-7-13)16(22)21-17(23)20-15-10-8-14(19)9-11-15/h4-11H,1-3H3,(H2,20,21,22,23). The fourth-order valence-corrected chi connectivity index (χ4v) is 2.47. The van der Waals surface area contributed by atoms with Gasteiger partial charge in [0.25, 0.3) is 5.91 Å². The Kier molecular flexibility index (Phi) is 5.55. The van der Waals surface area contributed by atoms with E-state index in [1.54, 1.807) is 0 Å². The van der Waals surface area contributed by atoms with Crippen LogP contribution in [0, 0.1) is 0 Å². The number of thiocarbonyl (C=S) groups is 1. The average molecular weight is 391 g/mol. The van der Waals surface area contributed by atoms with E-state index in [1.165, 1.54) is 5.56 Å². The molecule has 0 fully saturated rings. The monoisotopic (exact) mass is 390 g/mol. The number of hydrogen-bond acceptors (Lipinski definition) is 2. The molecule has 0 bridgehead atoms. The number of rotatable bonds is 2. The van der Waals surface area contributed by atoms with Crippen LogP contribution >= 0.6 is 28.1 Å². The van der Waals surface area contributed by atoms with Gasteiger partial charge in [-0.2, -0.15) is 0 Å². The van der Waals surface area contributed by atoms with Crippen LogP contribution in [0.1, 0.15) is 36.7 Å². The molecular weight excluding hydrogens is 372 g/mol. The van der Waals surface area contributed by atoms with Gasteiger partial charge in [0.2, 0.25) is 0 Å². The van der Waals surface area contributed by atoms with Gasteiger partial charge in [0.15, 0.2) is 5.11 Å². The van der Waals surface area contributed by atoms with Crippen LogP contribution < -0.4 is 10.6 Å². The van der Waals surface area contributed by atoms with Gasteiger partial charge < -0.3 is 5.32 Å². The first-order chi connectivity index (χ1) is 10.8. The third-order valence-electron chi connectivity index (χ3n) is 3.34. The molecule has 0 aliphatic carbocycles. The van der Waals surface area contributed by atoms with Crippen molar-refractivity contribution in [1.82, 2.24) is 5.32 Å². The summed E-state index contributed by atoms with van der Waals surface area (Å²) in [6.07, 6.45) is 0. The highest BCUT2D eigenvalue weighted by Crippen LogP contribution is 2.22. The van der Waals surface area contributed by atoms with Crippen LogP contribution in [-0.2, 0) is 5.41 Å². The first-order valence-corrected chi connectivity index (χ1v) is 8.44. The molecule has 0 saturated carbocycles. The molecule has 0 radical (unpaired) electrons. The van der Waals surface area contributed by atoms with Gasteiger partial charge in [-0.05, 0) is 59.6 Å². The van der Waals surface area contributed by atoms with Crippen molar-refractivity contribution in [3.8, 4) is 0 Å². The van der Waals surface area contributed by atoms with Crippen molar-refractivity contribution in [3.05, 3.63) is 64.1 Å². The lowest BCUT2D eigenvalue weighted by Gasteiger charge is -2.19. The quantitative estimate of drug-likeness (QED) is 0.718. The van der Waals surface area contributed by atoms with Crippen molar-refractivity contribution in [1.29, 1.82) is 0 Å². The summed E-state index contributed by atoms with van der Waals surface area (Å²) < 4.78 is 0.983. The van der Waals surface area contributed by atoms with Crippen molar-refractivity contribution in [2.24, 2.45) is 0 Å². The lowest BCUT2D eigenvalue weighted by atomic mass is 9.87. The zero-order valence-electron chi connectivity index (χ0n) is 13.3. The zero-order chi connectivity index (χ0) is 17.0. The van der Waals surface area contributed by atoms with Gasteiger partial charge in [-0.15, -0.1) is 0 Å². The topological polar surface area (TPSA) is 41.1 Å². The fourth-order valence-electron chi connectivity index (χ4n) is 1.99. The molecule has 2 aromatic carbocycles. The second kappa shape index (κ2) is 7.23. The largest absolute Gasteiger partial charge is 0.332 e. The highest BCUT2D eigenvalue weighted by molar-refractivity contribution is 9.10. The van der Waals surface area contributed by atoms with Crippen LogP contribution in [0.25, 0.3) is 0 Å². The van der Waals surface area contributed by atoms with Gasteiger partial charge in [-0.3, -0.25) is 10.1 Å². The predicted molar refractivity (Wildman–Crippen MR) is 103 cm³/mol. The molecular formula is C18H19BrN2OS. The number of amides is 1. The molecule has 2 aromatic rings. The molecule has 0 unspecified atom stereocenters. The number of carbonyl (C=O) groups is 1. The van der Waals surface area contributed by atoms with E-state index in [9.17, 15) is 4.79 Å². The van der Waals surface area contributed by atoms with Crippen LogP contribution in [0.5, 0.6) is 0 Å². The van der Waals surface area contributed by atoms with E-state index in [0.29, 0.717) is 5.56 Å². The van der Waals surface area contributed by atoms with Gasteiger partial charge in [0.1, 0.15) is 0 Å². The number of carbonyl (C=O) groups excluding carboxylic acids is 1. The SMILES string of the molecule is CC(C)(C)c1ccc(C(=O)NC(=S)Nc2ccc(Br)cc2)cc1. The number of benzene rings is 2. The van der Waals surface area contributed by atoms with E-state index < -0.39 is 0 Å². The van der Waals surface area contributed by atoms with Crippen molar-refractivity contribution in [2.75, 3.05) is 5.32 Å². The fraction of sp³-hybridized carbons (Fsp3) is 0.222. The second-order valence-electron chi connectivity index (χ2n) is 6.24. The molecule has 0 aliphatic rings. The number of nitrogens with one attached hydrogen (secondary N) is 2. The highest BCUT2D eigenvalue weighted by atomic mass is 79.9. The van der Waals surface area contributed by atoms with Crippen LogP contribution in [0.2, 0.25) is 0 Å². The van der Waals surface area contributed by atoms with Gasteiger partial charge >= 0.3 is 0 Å². The van der Waals surface area contributed by atoms with Crippen LogP contribution in [-0.4, -0.2) is 11.0 Å². The Labute approximate surface area is 150 Å². The van der Waals surface area contributed by atoms with Crippen molar-refractivity contribution in [3.63, 3.8) is 0 Å². The molecule has 1 amide bonds. The Morgan fingerprint density at radius 3 is 2.09 bits per heavy atom. The molecule has 0 spiro atoms. The minimum Gasteiger partial charge on any atom is -0.332 e. The Morgan fingerprint density at radius 2 is 1.57 bits per heavy atom. The van der Waals surface area contributed by atoms with Crippen molar-refractivity contribution in [2.45, 2.75) is 26.2 Å². The molecule has 0 aliphatic heterocycles. The number of anilines is 1. The summed E-state index contributed by atoms with van der Waals surface area (Å²) >= 11 is 8.55.